The van der Waals surface area contributed by atoms with Crippen LogP contribution in [0.2, 0.25) is 5.02 Å². The summed E-state index contributed by atoms with van der Waals surface area (Å²) in [5, 5.41) is 3.25. The zero-order chi connectivity index (χ0) is 12.4. The van der Waals surface area contributed by atoms with Crippen molar-refractivity contribution in [2.45, 2.75) is 13.5 Å². The van der Waals surface area contributed by atoms with Crippen LogP contribution in [0.5, 0.6) is 0 Å². The average Bonchev–Trinajstić information content (AvgIpc) is 2.63. The van der Waals surface area contributed by atoms with Crippen LogP contribution in [0.25, 0.3) is 0 Å². The molecule has 90 valence electrons. The first kappa shape index (κ1) is 12.3. The molecule has 6 heteroatoms. The van der Waals surface area contributed by atoms with Gasteiger partial charge in [-0.2, -0.15) is 0 Å². The number of hydrogen-bond acceptors (Lipinski definition) is 4. The molecule has 0 atom stereocenters. The maximum Gasteiger partial charge on any atom is 0.167 e. The van der Waals surface area contributed by atoms with E-state index in [9.17, 15) is 4.39 Å². The third kappa shape index (κ3) is 2.92. The van der Waals surface area contributed by atoms with Crippen molar-refractivity contribution in [1.29, 1.82) is 0 Å². The van der Waals surface area contributed by atoms with Crippen molar-refractivity contribution in [2.75, 3.05) is 11.9 Å². The molecular weight excluding hydrogens is 261 g/mol. The van der Waals surface area contributed by atoms with E-state index in [0.29, 0.717) is 11.6 Å². The standard InChI is InChI=1S/C11H11ClFN3S/c1-7-15-9(6-17-7)5-16(2)11-10(13)3-8(12)4-14-11/h3-4,6H,5H2,1-2H3. The number of rotatable bonds is 3. The summed E-state index contributed by atoms with van der Waals surface area (Å²) in [6.45, 7) is 2.46. The molecule has 0 radical (unpaired) electrons. The molecule has 3 nitrogen and oxygen atoms in total. The van der Waals surface area contributed by atoms with Gasteiger partial charge in [0.1, 0.15) is 0 Å². The molecule has 17 heavy (non-hydrogen) atoms. The Bertz CT molecular complexity index is 529. The summed E-state index contributed by atoms with van der Waals surface area (Å²) >= 11 is 7.23. The minimum Gasteiger partial charge on any atom is -0.351 e. The van der Waals surface area contributed by atoms with Gasteiger partial charge in [-0.25, -0.2) is 14.4 Å². The molecule has 0 aliphatic heterocycles. The Hall–Kier alpha value is -1.20. The topological polar surface area (TPSA) is 29.0 Å². The fourth-order valence-electron chi connectivity index (χ4n) is 1.49. The molecule has 0 aliphatic rings. The van der Waals surface area contributed by atoms with Crippen molar-refractivity contribution in [3.05, 3.63) is 39.2 Å². The first-order chi connectivity index (χ1) is 8.06. The van der Waals surface area contributed by atoms with Crippen LogP contribution in [0, 0.1) is 12.7 Å². The molecule has 0 amide bonds. The van der Waals surface area contributed by atoms with Crippen molar-refractivity contribution in [1.82, 2.24) is 9.97 Å². The summed E-state index contributed by atoms with van der Waals surface area (Å²) in [5.74, 6) is -0.146. The number of anilines is 1. The Balaban J connectivity index is 2.17. The number of aromatic nitrogens is 2. The van der Waals surface area contributed by atoms with Gasteiger partial charge in [0.05, 0.1) is 22.3 Å². The van der Waals surface area contributed by atoms with E-state index >= 15 is 0 Å². The molecule has 0 spiro atoms. The van der Waals surface area contributed by atoms with Crippen LogP contribution in [0.15, 0.2) is 17.6 Å². The van der Waals surface area contributed by atoms with Crippen molar-refractivity contribution < 1.29 is 4.39 Å². The minimum absolute atomic E-state index is 0.278. The van der Waals surface area contributed by atoms with Crippen LogP contribution in [-0.2, 0) is 6.54 Å². The molecule has 0 N–H and O–H groups in total. The van der Waals surface area contributed by atoms with Crippen LogP contribution >= 0.6 is 22.9 Å². The largest absolute Gasteiger partial charge is 0.351 e. The Kier molecular flexibility index (Phi) is 3.59. The van der Waals surface area contributed by atoms with E-state index in [-0.39, 0.29) is 5.82 Å². The third-order valence-electron chi connectivity index (χ3n) is 2.22. The first-order valence-corrected chi connectivity index (χ1v) is 6.25. The summed E-state index contributed by atoms with van der Waals surface area (Å²) in [7, 11) is 1.77. The van der Waals surface area contributed by atoms with Gasteiger partial charge < -0.3 is 4.90 Å². The lowest BCUT2D eigenvalue weighted by Gasteiger charge is -2.17. The summed E-state index contributed by atoms with van der Waals surface area (Å²) in [5.41, 5.74) is 0.908. The van der Waals surface area contributed by atoms with Crippen molar-refractivity contribution in [3.63, 3.8) is 0 Å². The van der Waals surface area contributed by atoms with E-state index in [1.54, 1.807) is 23.3 Å². The second-order valence-electron chi connectivity index (χ2n) is 3.67. The lowest BCUT2D eigenvalue weighted by molar-refractivity contribution is 0.614. The van der Waals surface area contributed by atoms with Gasteiger partial charge in [0.25, 0.3) is 0 Å². The lowest BCUT2D eigenvalue weighted by atomic mass is 10.4. The van der Waals surface area contributed by atoms with E-state index in [1.807, 2.05) is 12.3 Å². The molecule has 2 rings (SSSR count). The zero-order valence-corrected chi connectivity index (χ0v) is 11.0. The maximum absolute atomic E-state index is 13.6. The number of pyridine rings is 1. The van der Waals surface area contributed by atoms with E-state index < -0.39 is 5.82 Å². The quantitative estimate of drug-likeness (QED) is 0.858. The Labute approximate surface area is 108 Å². The van der Waals surface area contributed by atoms with Crippen molar-refractivity contribution in [2.24, 2.45) is 0 Å². The Morgan fingerprint density at radius 2 is 2.29 bits per heavy atom. The average molecular weight is 272 g/mol. The van der Waals surface area contributed by atoms with Gasteiger partial charge in [-0.05, 0) is 13.0 Å². The van der Waals surface area contributed by atoms with Crippen LogP contribution < -0.4 is 4.90 Å². The second kappa shape index (κ2) is 4.98. The molecule has 2 heterocycles. The first-order valence-electron chi connectivity index (χ1n) is 4.99. The second-order valence-corrected chi connectivity index (χ2v) is 5.17. The molecule has 0 fully saturated rings. The molecule has 0 bridgehead atoms. The maximum atomic E-state index is 13.6. The van der Waals surface area contributed by atoms with E-state index in [0.717, 1.165) is 10.7 Å². The highest BCUT2D eigenvalue weighted by atomic mass is 35.5. The molecule has 0 aromatic carbocycles. The van der Waals surface area contributed by atoms with Gasteiger partial charge in [0, 0.05) is 18.6 Å². The highest BCUT2D eigenvalue weighted by Crippen LogP contribution is 2.20. The fraction of sp³-hybridized carbons (Fsp3) is 0.273. The Morgan fingerprint density at radius 3 is 2.88 bits per heavy atom. The molecule has 2 aromatic heterocycles. The predicted molar refractivity (Wildman–Crippen MR) is 68.2 cm³/mol. The third-order valence-corrected chi connectivity index (χ3v) is 3.24. The Morgan fingerprint density at radius 1 is 1.53 bits per heavy atom. The number of thiazole rings is 1. The lowest BCUT2D eigenvalue weighted by Crippen LogP contribution is -2.19. The number of aryl methyl sites for hydroxylation is 1. The van der Waals surface area contributed by atoms with Crippen LogP contribution in [0.4, 0.5) is 10.2 Å². The van der Waals surface area contributed by atoms with Crippen molar-refractivity contribution in [3.8, 4) is 0 Å². The van der Waals surface area contributed by atoms with E-state index in [2.05, 4.69) is 9.97 Å². The number of nitrogens with zero attached hydrogens (tertiary/aromatic N) is 3. The summed E-state index contributed by atoms with van der Waals surface area (Å²) in [6.07, 6.45) is 1.43. The van der Waals surface area contributed by atoms with Gasteiger partial charge in [-0.1, -0.05) is 11.6 Å². The highest BCUT2D eigenvalue weighted by Gasteiger charge is 2.11. The smallest absolute Gasteiger partial charge is 0.167 e. The fourth-order valence-corrected chi connectivity index (χ4v) is 2.24. The van der Waals surface area contributed by atoms with Gasteiger partial charge in [-0.15, -0.1) is 11.3 Å². The van der Waals surface area contributed by atoms with Gasteiger partial charge in [0.15, 0.2) is 11.6 Å². The monoisotopic (exact) mass is 271 g/mol. The van der Waals surface area contributed by atoms with Crippen molar-refractivity contribution >= 4 is 28.8 Å². The number of halogens is 2. The molecule has 0 unspecified atom stereocenters. The van der Waals surface area contributed by atoms with Crippen LogP contribution in [0.3, 0.4) is 0 Å². The van der Waals surface area contributed by atoms with Crippen LogP contribution in [-0.4, -0.2) is 17.0 Å². The SMILES string of the molecule is Cc1nc(CN(C)c2ncc(Cl)cc2F)cs1. The van der Waals surface area contributed by atoms with Gasteiger partial charge in [-0.3, -0.25) is 0 Å². The molecular formula is C11H11ClFN3S. The predicted octanol–water partition coefficient (Wildman–Crippen LogP) is 3.28. The highest BCUT2D eigenvalue weighted by molar-refractivity contribution is 7.09. The molecule has 2 aromatic rings. The zero-order valence-electron chi connectivity index (χ0n) is 9.44. The van der Waals surface area contributed by atoms with Crippen LogP contribution in [0.1, 0.15) is 10.7 Å². The minimum atomic E-state index is -0.424. The molecule has 0 saturated carbocycles. The summed E-state index contributed by atoms with van der Waals surface area (Å²) < 4.78 is 13.6. The summed E-state index contributed by atoms with van der Waals surface area (Å²) in [6, 6.07) is 1.26. The van der Waals surface area contributed by atoms with Gasteiger partial charge in [0.2, 0.25) is 0 Å². The van der Waals surface area contributed by atoms with Gasteiger partial charge >= 0.3 is 0 Å². The number of hydrogen-bond donors (Lipinski definition) is 0. The summed E-state index contributed by atoms with van der Waals surface area (Å²) in [4.78, 5) is 10.0. The molecule has 0 aliphatic carbocycles. The molecule has 0 saturated heterocycles. The van der Waals surface area contributed by atoms with E-state index in [1.165, 1.54) is 12.3 Å². The normalized spacial score (nSPS) is 10.6. The van der Waals surface area contributed by atoms with E-state index in [4.69, 9.17) is 11.6 Å².